The van der Waals surface area contributed by atoms with E-state index < -0.39 is 22.9 Å². The molecule has 0 radical (unpaired) electrons. The Bertz CT molecular complexity index is 447. The van der Waals surface area contributed by atoms with Gasteiger partial charge in [0.15, 0.2) is 17.5 Å². The minimum absolute atomic E-state index is 0.293. The van der Waals surface area contributed by atoms with Crippen LogP contribution < -0.4 is 5.32 Å². The van der Waals surface area contributed by atoms with Crippen molar-refractivity contribution >= 4 is 0 Å². The number of hydrogen-bond donors (Lipinski definition) is 1. The van der Waals surface area contributed by atoms with E-state index >= 15 is 0 Å². The summed E-state index contributed by atoms with van der Waals surface area (Å²) >= 11 is 0. The van der Waals surface area contributed by atoms with Crippen LogP contribution in [0.25, 0.3) is 0 Å². The topological polar surface area (TPSA) is 12.0 Å². The van der Waals surface area contributed by atoms with Crippen LogP contribution in [0.1, 0.15) is 38.7 Å². The quantitative estimate of drug-likeness (QED) is 0.817. The van der Waals surface area contributed by atoms with E-state index in [4.69, 9.17) is 0 Å². The van der Waals surface area contributed by atoms with Gasteiger partial charge < -0.3 is 5.32 Å². The van der Waals surface area contributed by atoms with Crippen LogP contribution in [0.4, 0.5) is 13.2 Å². The van der Waals surface area contributed by atoms with Gasteiger partial charge in [0, 0.05) is 6.04 Å². The maximum absolute atomic E-state index is 13.8. The Morgan fingerprint density at radius 2 is 2.00 bits per heavy atom. The van der Waals surface area contributed by atoms with Crippen LogP contribution in [0.2, 0.25) is 0 Å². The molecule has 18 heavy (non-hydrogen) atoms. The fourth-order valence-corrected chi connectivity index (χ4v) is 2.94. The molecule has 0 heterocycles. The summed E-state index contributed by atoms with van der Waals surface area (Å²) in [7, 11) is 0. The standard InChI is InChI=1S/C14H18F3N/c1-3-18-9-6-7-14(2,8-9)10-4-5-11(15)13(17)12(10)16/h4-5,9,18H,3,6-8H2,1-2H3. The van der Waals surface area contributed by atoms with Crippen molar-refractivity contribution in [2.24, 2.45) is 0 Å². The Labute approximate surface area is 105 Å². The van der Waals surface area contributed by atoms with Crippen molar-refractivity contribution in [2.45, 2.75) is 44.6 Å². The smallest absolute Gasteiger partial charge is 0.194 e. The Morgan fingerprint density at radius 1 is 1.28 bits per heavy atom. The summed E-state index contributed by atoms with van der Waals surface area (Å²) in [6.07, 6.45) is 2.47. The van der Waals surface area contributed by atoms with Crippen molar-refractivity contribution in [3.05, 3.63) is 35.1 Å². The van der Waals surface area contributed by atoms with E-state index in [0.29, 0.717) is 11.6 Å². The van der Waals surface area contributed by atoms with Gasteiger partial charge in [-0.25, -0.2) is 13.2 Å². The maximum atomic E-state index is 13.8. The van der Waals surface area contributed by atoms with Crippen LogP contribution in [0.15, 0.2) is 12.1 Å². The molecule has 0 bridgehead atoms. The van der Waals surface area contributed by atoms with Crippen LogP contribution in [0.3, 0.4) is 0 Å². The fourth-order valence-electron chi connectivity index (χ4n) is 2.94. The number of rotatable bonds is 3. The van der Waals surface area contributed by atoms with Gasteiger partial charge in [0.25, 0.3) is 0 Å². The molecule has 1 fully saturated rings. The molecule has 1 saturated carbocycles. The second-order valence-electron chi connectivity index (χ2n) is 5.28. The van der Waals surface area contributed by atoms with Gasteiger partial charge in [-0.3, -0.25) is 0 Å². The van der Waals surface area contributed by atoms with Gasteiger partial charge in [0.05, 0.1) is 0 Å². The van der Waals surface area contributed by atoms with Crippen LogP contribution in [0, 0.1) is 17.5 Å². The van der Waals surface area contributed by atoms with Gasteiger partial charge >= 0.3 is 0 Å². The number of hydrogen-bond acceptors (Lipinski definition) is 1. The van der Waals surface area contributed by atoms with Crippen LogP contribution in [-0.2, 0) is 5.41 Å². The van der Waals surface area contributed by atoms with Gasteiger partial charge in [-0.1, -0.05) is 19.9 Å². The zero-order valence-corrected chi connectivity index (χ0v) is 10.7. The first-order chi connectivity index (χ1) is 8.48. The Morgan fingerprint density at radius 3 is 2.67 bits per heavy atom. The molecule has 0 aliphatic heterocycles. The second kappa shape index (κ2) is 4.92. The lowest BCUT2D eigenvalue weighted by atomic mass is 9.80. The summed E-state index contributed by atoms with van der Waals surface area (Å²) in [6.45, 7) is 4.80. The minimum Gasteiger partial charge on any atom is -0.314 e. The average Bonchev–Trinajstić information content (AvgIpc) is 2.69. The average molecular weight is 257 g/mol. The molecule has 0 amide bonds. The highest BCUT2D eigenvalue weighted by Crippen LogP contribution is 2.42. The molecule has 1 N–H and O–H groups in total. The highest BCUT2D eigenvalue weighted by molar-refractivity contribution is 5.29. The predicted molar refractivity (Wildman–Crippen MR) is 65.0 cm³/mol. The molecular weight excluding hydrogens is 239 g/mol. The van der Waals surface area contributed by atoms with Crippen LogP contribution in [0.5, 0.6) is 0 Å². The molecule has 100 valence electrons. The first kappa shape index (κ1) is 13.4. The van der Waals surface area contributed by atoms with E-state index in [1.165, 1.54) is 6.07 Å². The van der Waals surface area contributed by atoms with Crippen molar-refractivity contribution in [3.8, 4) is 0 Å². The highest BCUT2D eigenvalue weighted by atomic mass is 19.2. The highest BCUT2D eigenvalue weighted by Gasteiger charge is 2.38. The molecule has 2 unspecified atom stereocenters. The van der Waals surface area contributed by atoms with Gasteiger partial charge in [-0.2, -0.15) is 0 Å². The monoisotopic (exact) mass is 257 g/mol. The summed E-state index contributed by atoms with van der Waals surface area (Å²) < 4.78 is 40.1. The van der Waals surface area contributed by atoms with Gasteiger partial charge in [-0.15, -0.1) is 0 Å². The molecule has 1 aliphatic rings. The fraction of sp³-hybridized carbons (Fsp3) is 0.571. The molecular formula is C14H18F3N. The zero-order valence-electron chi connectivity index (χ0n) is 10.7. The van der Waals surface area contributed by atoms with Crippen LogP contribution in [-0.4, -0.2) is 12.6 Å². The molecule has 2 atom stereocenters. The first-order valence-corrected chi connectivity index (χ1v) is 6.35. The lowest BCUT2D eigenvalue weighted by Crippen LogP contribution is -2.29. The molecule has 1 aliphatic carbocycles. The molecule has 4 heteroatoms. The summed E-state index contributed by atoms with van der Waals surface area (Å²) in [6, 6.07) is 2.72. The number of nitrogens with one attached hydrogen (secondary N) is 1. The largest absolute Gasteiger partial charge is 0.314 e. The van der Waals surface area contributed by atoms with Crippen LogP contribution >= 0.6 is 0 Å². The molecule has 0 aromatic heterocycles. The van der Waals surface area contributed by atoms with Gasteiger partial charge in [-0.05, 0) is 42.9 Å². The lowest BCUT2D eigenvalue weighted by molar-refractivity contribution is 0.397. The van der Waals surface area contributed by atoms with Gasteiger partial charge in [0.2, 0.25) is 0 Å². The summed E-state index contributed by atoms with van der Waals surface area (Å²) in [5.41, 5.74) is -0.118. The summed E-state index contributed by atoms with van der Waals surface area (Å²) in [5, 5.41) is 3.32. The minimum atomic E-state index is -1.36. The lowest BCUT2D eigenvalue weighted by Gasteiger charge is -2.25. The van der Waals surface area contributed by atoms with Crippen molar-refractivity contribution in [3.63, 3.8) is 0 Å². The maximum Gasteiger partial charge on any atom is 0.194 e. The molecule has 0 saturated heterocycles. The van der Waals surface area contributed by atoms with E-state index in [1.54, 1.807) is 0 Å². The molecule has 0 spiro atoms. The van der Waals surface area contributed by atoms with E-state index in [2.05, 4.69) is 5.32 Å². The normalized spacial score (nSPS) is 27.7. The molecule has 1 nitrogen and oxygen atoms in total. The van der Waals surface area contributed by atoms with E-state index in [1.807, 2.05) is 13.8 Å². The van der Waals surface area contributed by atoms with Crippen molar-refractivity contribution < 1.29 is 13.2 Å². The van der Waals surface area contributed by atoms with Crippen molar-refractivity contribution in [1.29, 1.82) is 0 Å². The Balaban J connectivity index is 2.29. The Hall–Kier alpha value is -1.03. The third kappa shape index (κ3) is 2.26. The molecule has 1 aromatic rings. The molecule has 2 rings (SSSR count). The second-order valence-corrected chi connectivity index (χ2v) is 5.28. The zero-order chi connectivity index (χ0) is 13.3. The first-order valence-electron chi connectivity index (χ1n) is 6.35. The summed E-state index contributed by atoms with van der Waals surface area (Å²) in [4.78, 5) is 0. The predicted octanol–water partition coefficient (Wildman–Crippen LogP) is 3.52. The third-order valence-electron chi connectivity index (χ3n) is 3.92. The van der Waals surface area contributed by atoms with E-state index in [-0.39, 0.29) is 0 Å². The van der Waals surface area contributed by atoms with E-state index in [0.717, 1.165) is 31.9 Å². The number of benzene rings is 1. The Kier molecular flexibility index (Phi) is 3.66. The molecule has 1 aromatic carbocycles. The van der Waals surface area contributed by atoms with Crippen molar-refractivity contribution in [2.75, 3.05) is 6.54 Å². The SMILES string of the molecule is CCNC1CCC(C)(c2ccc(F)c(F)c2F)C1. The summed E-state index contributed by atoms with van der Waals surface area (Å²) in [5.74, 6) is -3.52. The number of halogens is 3. The van der Waals surface area contributed by atoms with Crippen molar-refractivity contribution in [1.82, 2.24) is 5.32 Å². The van der Waals surface area contributed by atoms with E-state index in [9.17, 15) is 13.2 Å². The third-order valence-corrected chi connectivity index (χ3v) is 3.92. The van der Waals surface area contributed by atoms with Gasteiger partial charge in [0.1, 0.15) is 0 Å².